The van der Waals surface area contributed by atoms with Crippen LogP contribution in [0.2, 0.25) is 0 Å². The maximum atomic E-state index is 12.2. The number of carbonyl (C=O) groups excluding carboxylic acids is 1. The summed E-state index contributed by atoms with van der Waals surface area (Å²) in [5, 5.41) is 0. The van der Waals surface area contributed by atoms with Gasteiger partial charge in [0.15, 0.2) is 0 Å². The molecule has 0 atom stereocenters. The van der Waals surface area contributed by atoms with E-state index < -0.39 is 0 Å². The third-order valence-electron chi connectivity index (χ3n) is 3.25. The van der Waals surface area contributed by atoms with E-state index in [-0.39, 0.29) is 11.9 Å². The number of nitrogens with two attached hydrogens (primary N) is 1. The summed E-state index contributed by atoms with van der Waals surface area (Å²) in [6.07, 6.45) is 1.80. The van der Waals surface area contributed by atoms with E-state index in [1.807, 2.05) is 30.0 Å². The van der Waals surface area contributed by atoms with Crippen molar-refractivity contribution in [3.8, 4) is 0 Å². The fourth-order valence-corrected chi connectivity index (χ4v) is 2.39. The summed E-state index contributed by atoms with van der Waals surface area (Å²) in [4.78, 5) is 14.1. The van der Waals surface area contributed by atoms with E-state index in [9.17, 15) is 4.79 Å². The molecule has 0 radical (unpaired) electrons. The van der Waals surface area contributed by atoms with Crippen LogP contribution in [0.1, 0.15) is 28.8 Å². The van der Waals surface area contributed by atoms with Crippen LogP contribution in [0.4, 0.5) is 0 Å². The van der Waals surface area contributed by atoms with Crippen molar-refractivity contribution in [2.75, 3.05) is 13.1 Å². The molecule has 1 heterocycles. The number of hydrogen-bond donors (Lipinski definition) is 1. The molecule has 92 valence electrons. The fourth-order valence-electron chi connectivity index (χ4n) is 2.01. The molecular weight excluding hydrogens is 280 g/mol. The number of carbonyl (C=O) groups is 1. The van der Waals surface area contributed by atoms with E-state index >= 15 is 0 Å². The van der Waals surface area contributed by atoms with Gasteiger partial charge in [0.1, 0.15) is 0 Å². The summed E-state index contributed by atoms with van der Waals surface area (Å²) in [6, 6.07) is 6.00. The number of nitrogens with zero attached hydrogens (tertiary/aromatic N) is 1. The first-order chi connectivity index (χ1) is 8.08. The standard InChI is InChI=1S/C13H17BrN2O/c1-9-2-3-10(8-12(9)14)13(17)16-6-4-11(15)5-7-16/h2-3,8,11H,4-7,15H2,1H3. The van der Waals surface area contributed by atoms with Gasteiger partial charge in [0, 0.05) is 29.2 Å². The molecule has 1 fully saturated rings. The van der Waals surface area contributed by atoms with Crippen LogP contribution in [0.25, 0.3) is 0 Å². The molecule has 1 amide bonds. The summed E-state index contributed by atoms with van der Waals surface area (Å²) in [5.41, 5.74) is 7.72. The van der Waals surface area contributed by atoms with Gasteiger partial charge in [-0.05, 0) is 37.5 Å². The van der Waals surface area contributed by atoms with E-state index in [0.29, 0.717) is 0 Å². The van der Waals surface area contributed by atoms with Gasteiger partial charge in [0.25, 0.3) is 5.91 Å². The first kappa shape index (κ1) is 12.6. The Bertz CT molecular complexity index is 425. The predicted molar refractivity (Wildman–Crippen MR) is 72.0 cm³/mol. The van der Waals surface area contributed by atoms with Crippen molar-refractivity contribution < 1.29 is 4.79 Å². The lowest BCUT2D eigenvalue weighted by molar-refractivity contribution is 0.0714. The molecule has 0 aliphatic carbocycles. The molecule has 0 spiro atoms. The molecule has 0 aromatic heterocycles. The number of amides is 1. The Morgan fingerprint density at radius 3 is 2.65 bits per heavy atom. The number of likely N-dealkylation sites (tertiary alicyclic amines) is 1. The van der Waals surface area contributed by atoms with Gasteiger partial charge in [-0.3, -0.25) is 4.79 Å². The molecule has 1 aromatic rings. The first-order valence-corrected chi connectivity index (χ1v) is 6.68. The largest absolute Gasteiger partial charge is 0.339 e. The Morgan fingerprint density at radius 1 is 1.41 bits per heavy atom. The Balaban J connectivity index is 2.11. The monoisotopic (exact) mass is 296 g/mol. The van der Waals surface area contributed by atoms with Crippen LogP contribution < -0.4 is 5.73 Å². The van der Waals surface area contributed by atoms with Crippen molar-refractivity contribution in [2.45, 2.75) is 25.8 Å². The molecule has 1 saturated heterocycles. The molecule has 4 heteroatoms. The molecule has 3 nitrogen and oxygen atoms in total. The van der Waals surface area contributed by atoms with Gasteiger partial charge in [-0.25, -0.2) is 0 Å². The maximum absolute atomic E-state index is 12.2. The Kier molecular flexibility index (Phi) is 3.84. The van der Waals surface area contributed by atoms with Crippen LogP contribution in [0.5, 0.6) is 0 Å². The Morgan fingerprint density at radius 2 is 2.06 bits per heavy atom. The summed E-state index contributed by atoms with van der Waals surface area (Å²) < 4.78 is 0.983. The lowest BCUT2D eigenvalue weighted by Gasteiger charge is -2.30. The molecule has 0 unspecified atom stereocenters. The lowest BCUT2D eigenvalue weighted by Crippen LogP contribution is -2.42. The second-order valence-corrected chi connectivity index (χ2v) is 5.45. The van der Waals surface area contributed by atoms with E-state index in [2.05, 4.69) is 15.9 Å². The molecular formula is C13H17BrN2O. The average Bonchev–Trinajstić information content (AvgIpc) is 2.33. The van der Waals surface area contributed by atoms with Crippen molar-refractivity contribution in [3.63, 3.8) is 0 Å². The summed E-state index contributed by atoms with van der Waals surface area (Å²) in [5.74, 6) is 0.109. The molecule has 17 heavy (non-hydrogen) atoms. The molecule has 2 rings (SSSR count). The number of hydrogen-bond acceptors (Lipinski definition) is 2. The number of benzene rings is 1. The van der Waals surface area contributed by atoms with E-state index in [0.717, 1.165) is 41.5 Å². The van der Waals surface area contributed by atoms with Gasteiger partial charge in [-0.15, -0.1) is 0 Å². The molecule has 1 aromatic carbocycles. The minimum atomic E-state index is 0.109. The third kappa shape index (κ3) is 2.87. The highest BCUT2D eigenvalue weighted by molar-refractivity contribution is 9.10. The van der Waals surface area contributed by atoms with Crippen molar-refractivity contribution >= 4 is 21.8 Å². The van der Waals surface area contributed by atoms with Crippen molar-refractivity contribution in [3.05, 3.63) is 33.8 Å². The first-order valence-electron chi connectivity index (χ1n) is 5.89. The smallest absolute Gasteiger partial charge is 0.253 e. The lowest BCUT2D eigenvalue weighted by atomic mass is 10.0. The van der Waals surface area contributed by atoms with Crippen LogP contribution in [0, 0.1) is 6.92 Å². The normalized spacial score (nSPS) is 17.2. The van der Waals surface area contributed by atoms with Crippen molar-refractivity contribution in [2.24, 2.45) is 5.73 Å². The van der Waals surface area contributed by atoms with Crippen LogP contribution in [-0.4, -0.2) is 29.9 Å². The second-order valence-electron chi connectivity index (χ2n) is 4.59. The number of aryl methyl sites for hydroxylation is 1. The highest BCUT2D eigenvalue weighted by Gasteiger charge is 2.21. The highest BCUT2D eigenvalue weighted by Crippen LogP contribution is 2.20. The van der Waals surface area contributed by atoms with Gasteiger partial charge in [0.05, 0.1) is 0 Å². The Labute approximate surface area is 110 Å². The fraction of sp³-hybridized carbons (Fsp3) is 0.462. The molecule has 0 saturated carbocycles. The zero-order valence-electron chi connectivity index (χ0n) is 9.95. The highest BCUT2D eigenvalue weighted by atomic mass is 79.9. The molecule has 1 aliphatic heterocycles. The van der Waals surface area contributed by atoms with Gasteiger partial charge < -0.3 is 10.6 Å². The van der Waals surface area contributed by atoms with Gasteiger partial charge in [0.2, 0.25) is 0 Å². The zero-order valence-corrected chi connectivity index (χ0v) is 11.5. The molecule has 0 bridgehead atoms. The van der Waals surface area contributed by atoms with Gasteiger partial charge in [-0.2, -0.15) is 0 Å². The SMILES string of the molecule is Cc1ccc(C(=O)N2CCC(N)CC2)cc1Br. The van der Waals surface area contributed by atoms with E-state index in [1.165, 1.54) is 0 Å². The molecule has 1 aliphatic rings. The van der Waals surface area contributed by atoms with Crippen LogP contribution >= 0.6 is 15.9 Å². The number of halogens is 1. The average molecular weight is 297 g/mol. The number of piperidine rings is 1. The minimum absolute atomic E-state index is 0.109. The molecule has 2 N–H and O–H groups in total. The topological polar surface area (TPSA) is 46.3 Å². The summed E-state index contributed by atoms with van der Waals surface area (Å²) in [6.45, 7) is 3.55. The van der Waals surface area contributed by atoms with Crippen LogP contribution in [-0.2, 0) is 0 Å². The zero-order chi connectivity index (χ0) is 12.4. The minimum Gasteiger partial charge on any atom is -0.339 e. The van der Waals surface area contributed by atoms with Crippen molar-refractivity contribution in [1.82, 2.24) is 4.90 Å². The predicted octanol–water partition coefficient (Wildman–Crippen LogP) is 2.32. The number of rotatable bonds is 1. The van der Waals surface area contributed by atoms with E-state index in [4.69, 9.17) is 5.73 Å². The van der Waals surface area contributed by atoms with Gasteiger partial charge >= 0.3 is 0 Å². The van der Waals surface area contributed by atoms with Gasteiger partial charge in [-0.1, -0.05) is 22.0 Å². The third-order valence-corrected chi connectivity index (χ3v) is 4.10. The summed E-state index contributed by atoms with van der Waals surface area (Å²) >= 11 is 3.46. The maximum Gasteiger partial charge on any atom is 0.253 e. The van der Waals surface area contributed by atoms with Crippen LogP contribution in [0.3, 0.4) is 0 Å². The van der Waals surface area contributed by atoms with Crippen LogP contribution in [0.15, 0.2) is 22.7 Å². The summed E-state index contributed by atoms with van der Waals surface area (Å²) in [7, 11) is 0. The van der Waals surface area contributed by atoms with Crippen molar-refractivity contribution in [1.29, 1.82) is 0 Å². The Hall–Kier alpha value is -0.870. The quantitative estimate of drug-likeness (QED) is 0.864. The van der Waals surface area contributed by atoms with E-state index in [1.54, 1.807) is 0 Å². The second kappa shape index (κ2) is 5.19.